The number of halogens is 3. The van der Waals surface area contributed by atoms with E-state index in [1.54, 1.807) is 13.0 Å². The van der Waals surface area contributed by atoms with Gasteiger partial charge >= 0.3 is 6.18 Å². The molecule has 108 valence electrons. The standard InChI is InChI=1S/C13H25F3OSi/c1-6-8-11(13(14,15)16)10-12(9-7-2)17-18(3,4)5/h7,11-12H,2,6,8-10H2,1,3-5H3. The highest BCUT2D eigenvalue weighted by Crippen LogP contribution is 2.35. The number of rotatable bonds is 8. The minimum absolute atomic E-state index is 0.0492. The molecule has 0 saturated heterocycles. The van der Waals surface area contributed by atoms with E-state index < -0.39 is 20.4 Å². The lowest BCUT2D eigenvalue weighted by atomic mass is 9.95. The molecule has 0 fully saturated rings. The summed E-state index contributed by atoms with van der Waals surface area (Å²) in [6.45, 7) is 11.4. The molecule has 0 aliphatic carbocycles. The van der Waals surface area contributed by atoms with Gasteiger partial charge in [-0.05, 0) is 38.9 Å². The molecule has 1 nitrogen and oxygen atoms in total. The second kappa shape index (κ2) is 7.33. The molecule has 2 unspecified atom stereocenters. The first-order chi connectivity index (χ1) is 8.10. The Morgan fingerprint density at radius 3 is 2.17 bits per heavy atom. The SMILES string of the molecule is C=CCC(CC(CCC)C(F)(F)F)O[Si](C)(C)C. The van der Waals surface area contributed by atoms with Crippen molar-refractivity contribution in [2.45, 2.75) is 64.5 Å². The number of hydrogen-bond donors (Lipinski definition) is 0. The van der Waals surface area contributed by atoms with Crippen molar-refractivity contribution < 1.29 is 17.6 Å². The van der Waals surface area contributed by atoms with Gasteiger partial charge < -0.3 is 4.43 Å². The molecule has 0 bridgehead atoms. The largest absolute Gasteiger partial charge is 0.414 e. The smallest absolute Gasteiger partial charge is 0.391 e. The quantitative estimate of drug-likeness (QED) is 0.442. The van der Waals surface area contributed by atoms with Crippen LogP contribution < -0.4 is 0 Å². The van der Waals surface area contributed by atoms with Gasteiger partial charge in [0.2, 0.25) is 0 Å². The Bertz CT molecular complexity index is 246. The molecule has 18 heavy (non-hydrogen) atoms. The highest BCUT2D eigenvalue weighted by atomic mass is 28.4. The molecular formula is C13H25F3OSi. The molecule has 0 aliphatic heterocycles. The Hall–Kier alpha value is -0.293. The maximum atomic E-state index is 12.9. The zero-order valence-corrected chi connectivity index (χ0v) is 12.8. The minimum atomic E-state index is -4.13. The van der Waals surface area contributed by atoms with E-state index in [1.807, 2.05) is 19.6 Å². The summed E-state index contributed by atoms with van der Waals surface area (Å²) >= 11 is 0. The van der Waals surface area contributed by atoms with Crippen LogP contribution in [0.1, 0.15) is 32.6 Å². The maximum absolute atomic E-state index is 12.9. The first-order valence-corrected chi connectivity index (χ1v) is 9.86. The van der Waals surface area contributed by atoms with Crippen molar-refractivity contribution in [3.8, 4) is 0 Å². The normalized spacial score (nSPS) is 16.4. The highest BCUT2D eigenvalue weighted by molar-refractivity contribution is 6.69. The van der Waals surface area contributed by atoms with Gasteiger partial charge in [-0.15, -0.1) is 6.58 Å². The predicted molar refractivity (Wildman–Crippen MR) is 72.1 cm³/mol. The van der Waals surface area contributed by atoms with Gasteiger partial charge in [0.25, 0.3) is 0 Å². The summed E-state index contributed by atoms with van der Waals surface area (Å²) in [6.07, 6.45) is -1.59. The number of alkyl halides is 3. The van der Waals surface area contributed by atoms with Crippen molar-refractivity contribution in [1.29, 1.82) is 0 Å². The van der Waals surface area contributed by atoms with Crippen LogP contribution in [0.2, 0.25) is 19.6 Å². The summed E-state index contributed by atoms with van der Waals surface area (Å²) in [6, 6.07) is 0. The molecule has 0 aliphatic rings. The maximum Gasteiger partial charge on any atom is 0.391 e. The first-order valence-electron chi connectivity index (χ1n) is 6.45. The Kier molecular flexibility index (Phi) is 7.21. The topological polar surface area (TPSA) is 9.23 Å². The molecule has 5 heteroatoms. The van der Waals surface area contributed by atoms with E-state index in [0.717, 1.165) is 0 Å². The lowest BCUT2D eigenvalue weighted by Gasteiger charge is -2.29. The van der Waals surface area contributed by atoms with Gasteiger partial charge in [0.1, 0.15) is 0 Å². The molecule has 0 spiro atoms. The Morgan fingerprint density at radius 2 is 1.83 bits per heavy atom. The summed E-state index contributed by atoms with van der Waals surface area (Å²) in [7, 11) is -1.82. The molecule has 2 atom stereocenters. The first kappa shape index (κ1) is 17.7. The van der Waals surface area contributed by atoms with Crippen LogP contribution in [0.25, 0.3) is 0 Å². The van der Waals surface area contributed by atoms with E-state index in [9.17, 15) is 13.2 Å². The minimum Gasteiger partial charge on any atom is -0.414 e. The van der Waals surface area contributed by atoms with E-state index >= 15 is 0 Å². The fourth-order valence-electron chi connectivity index (χ4n) is 1.96. The number of hydrogen-bond acceptors (Lipinski definition) is 1. The fraction of sp³-hybridized carbons (Fsp3) is 0.846. The van der Waals surface area contributed by atoms with E-state index in [2.05, 4.69) is 6.58 Å². The second-order valence-corrected chi connectivity index (χ2v) is 10.1. The summed E-state index contributed by atoms with van der Waals surface area (Å²) in [5.74, 6) is -1.26. The van der Waals surface area contributed by atoms with E-state index in [-0.39, 0.29) is 18.9 Å². The zero-order chi connectivity index (χ0) is 14.4. The Balaban J connectivity index is 4.65. The van der Waals surface area contributed by atoms with Gasteiger partial charge in [-0.25, -0.2) is 0 Å². The van der Waals surface area contributed by atoms with Crippen molar-refractivity contribution in [2.24, 2.45) is 5.92 Å². The second-order valence-electron chi connectivity index (χ2n) is 5.64. The van der Waals surface area contributed by atoms with Crippen LogP contribution in [-0.2, 0) is 4.43 Å². The van der Waals surface area contributed by atoms with E-state index in [1.165, 1.54) is 0 Å². The average molecular weight is 282 g/mol. The third-order valence-electron chi connectivity index (χ3n) is 2.60. The monoisotopic (exact) mass is 282 g/mol. The van der Waals surface area contributed by atoms with Gasteiger partial charge in [0.05, 0.1) is 5.92 Å². The summed E-state index contributed by atoms with van der Waals surface area (Å²) in [5.41, 5.74) is 0. The molecule has 0 aromatic rings. The Morgan fingerprint density at radius 1 is 1.28 bits per heavy atom. The lowest BCUT2D eigenvalue weighted by Crippen LogP contribution is -2.35. The summed E-state index contributed by atoms with van der Waals surface area (Å²) in [5, 5.41) is 0. The van der Waals surface area contributed by atoms with Crippen LogP contribution in [0.4, 0.5) is 13.2 Å². The molecule has 0 heterocycles. The van der Waals surface area contributed by atoms with Gasteiger partial charge in [-0.1, -0.05) is 19.4 Å². The van der Waals surface area contributed by atoms with Crippen LogP contribution in [0, 0.1) is 5.92 Å². The lowest BCUT2D eigenvalue weighted by molar-refractivity contribution is -0.183. The third-order valence-corrected chi connectivity index (χ3v) is 3.64. The molecule has 0 amide bonds. The average Bonchev–Trinajstić information content (AvgIpc) is 2.13. The van der Waals surface area contributed by atoms with Crippen molar-refractivity contribution in [3.05, 3.63) is 12.7 Å². The molecular weight excluding hydrogens is 257 g/mol. The van der Waals surface area contributed by atoms with Crippen LogP contribution >= 0.6 is 0 Å². The third kappa shape index (κ3) is 7.92. The predicted octanol–water partition coefficient (Wildman–Crippen LogP) is 5.15. The van der Waals surface area contributed by atoms with Crippen molar-refractivity contribution in [3.63, 3.8) is 0 Å². The van der Waals surface area contributed by atoms with Crippen LogP contribution in [0.5, 0.6) is 0 Å². The van der Waals surface area contributed by atoms with E-state index in [0.29, 0.717) is 12.8 Å². The molecule has 0 rings (SSSR count). The molecule has 0 saturated carbocycles. The Labute approximate surface area is 110 Å². The fourth-order valence-corrected chi connectivity index (χ4v) is 3.15. The zero-order valence-electron chi connectivity index (χ0n) is 11.8. The molecule has 0 aromatic heterocycles. The van der Waals surface area contributed by atoms with Gasteiger partial charge in [-0.3, -0.25) is 0 Å². The molecule has 0 N–H and O–H groups in total. The van der Waals surface area contributed by atoms with Crippen molar-refractivity contribution in [2.75, 3.05) is 0 Å². The van der Waals surface area contributed by atoms with Gasteiger partial charge in [0, 0.05) is 6.10 Å². The van der Waals surface area contributed by atoms with Crippen LogP contribution in [0.15, 0.2) is 12.7 Å². The van der Waals surface area contributed by atoms with Crippen LogP contribution in [-0.4, -0.2) is 20.6 Å². The summed E-state index contributed by atoms with van der Waals surface area (Å²) in [4.78, 5) is 0. The van der Waals surface area contributed by atoms with Gasteiger partial charge in [-0.2, -0.15) is 13.2 Å². The van der Waals surface area contributed by atoms with Crippen molar-refractivity contribution in [1.82, 2.24) is 0 Å². The van der Waals surface area contributed by atoms with Crippen molar-refractivity contribution >= 4 is 8.32 Å². The molecule has 0 radical (unpaired) electrons. The highest BCUT2D eigenvalue weighted by Gasteiger charge is 2.40. The molecule has 0 aromatic carbocycles. The van der Waals surface area contributed by atoms with Gasteiger partial charge in [0.15, 0.2) is 8.32 Å². The van der Waals surface area contributed by atoms with Crippen LogP contribution in [0.3, 0.4) is 0 Å². The summed E-state index contributed by atoms with van der Waals surface area (Å²) < 4.78 is 44.4. The van der Waals surface area contributed by atoms with E-state index in [4.69, 9.17) is 4.43 Å².